The minimum atomic E-state index is -3.70. The lowest BCUT2D eigenvalue weighted by Crippen LogP contribution is -2.28. The minimum Gasteiger partial charge on any atom is -0.368 e. The number of thiazole rings is 1. The Balaban J connectivity index is 1.57. The van der Waals surface area contributed by atoms with E-state index in [-0.39, 0.29) is 34.0 Å². The van der Waals surface area contributed by atoms with Gasteiger partial charge in [0.15, 0.2) is 15.0 Å². The van der Waals surface area contributed by atoms with Crippen molar-refractivity contribution >= 4 is 38.3 Å². The summed E-state index contributed by atoms with van der Waals surface area (Å²) in [5.74, 6) is -0.788. The molecule has 146 valence electrons. The summed E-state index contributed by atoms with van der Waals surface area (Å²) >= 11 is 1.08. The van der Waals surface area contributed by atoms with Crippen molar-refractivity contribution in [2.45, 2.75) is 17.2 Å². The molecular formula is C16H15FN6O3S2. The van der Waals surface area contributed by atoms with Gasteiger partial charge in [-0.25, -0.2) is 32.6 Å². The number of carbonyl (C=O) groups is 1. The number of carbonyl (C=O) groups excluding carboxylic acids is 1. The van der Waals surface area contributed by atoms with E-state index in [0.717, 1.165) is 23.7 Å². The summed E-state index contributed by atoms with van der Waals surface area (Å²) in [5, 5.41) is 6.83. The summed E-state index contributed by atoms with van der Waals surface area (Å²) in [5.41, 5.74) is 6.22. The van der Waals surface area contributed by atoms with E-state index in [1.807, 2.05) is 0 Å². The average Bonchev–Trinajstić information content (AvgIpc) is 3.06. The van der Waals surface area contributed by atoms with Crippen LogP contribution in [0.15, 0.2) is 46.9 Å². The fraction of sp³-hybridized carbons (Fsp3) is 0.125. The molecule has 0 spiro atoms. The molecule has 0 aliphatic carbocycles. The Morgan fingerprint density at radius 2 is 2.00 bits per heavy atom. The number of halogens is 1. The topological polar surface area (TPSA) is 140 Å². The van der Waals surface area contributed by atoms with Gasteiger partial charge in [0.1, 0.15) is 10.7 Å². The lowest BCUT2D eigenvalue weighted by molar-refractivity contribution is 0.251. The predicted molar refractivity (Wildman–Crippen MR) is 102 cm³/mol. The van der Waals surface area contributed by atoms with Gasteiger partial charge in [0.25, 0.3) is 0 Å². The number of nitrogens with one attached hydrogen (secondary N) is 2. The zero-order valence-corrected chi connectivity index (χ0v) is 15.9. The first-order valence-electron chi connectivity index (χ1n) is 7.86. The van der Waals surface area contributed by atoms with Crippen LogP contribution in [0.25, 0.3) is 0 Å². The fourth-order valence-corrected chi connectivity index (χ4v) is 4.11. The van der Waals surface area contributed by atoms with Gasteiger partial charge in [-0.1, -0.05) is 12.1 Å². The molecule has 4 N–H and O–H groups in total. The van der Waals surface area contributed by atoms with Crippen LogP contribution in [-0.4, -0.2) is 29.4 Å². The van der Waals surface area contributed by atoms with Crippen molar-refractivity contribution in [3.8, 4) is 0 Å². The van der Waals surface area contributed by atoms with E-state index >= 15 is 0 Å². The molecule has 2 aromatic heterocycles. The highest BCUT2D eigenvalue weighted by atomic mass is 32.2. The lowest BCUT2D eigenvalue weighted by atomic mass is 10.2. The van der Waals surface area contributed by atoms with Crippen LogP contribution in [-0.2, 0) is 22.1 Å². The number of nitrogen functional groups attached to an aromatic ring is 1. The second kappa shape index (κ2) is 8.27. The molecule has 0 aliphatic rings. The average molecular weight is 422 g/mol. The first kappa shape index (κ1) is 19.6. The molecule has 1 aromatic carbocycles. The monoisotopic (exact) mass is 422 g/mol. The molecule has 3 aromatic rings. The van der Waals surface area contributed by atoms with Gasteiger partial charge in [-0.2, -0.15) is 0 Å². The molecule has 0 radical (unpaired) electrons. The molecule has 2 amide bonds. The number of nitrogens with zero attached hydrogens (tertiary/aromatic N) is 3. The summed E-state index contributed by atoms with van der Waals surface area (Å²) in [6.07, 6.45) is 2.26. The molecule has 0 atom stereocenters. The fourth-order valence-electron chi connectivity index (χ4n) is 2.17. The molecule has 28 heavy (non-hydrogen) atoms. The van der Waals surface area contributed by atoms with Gasteiger partial charge in [0, 0.05) is 11.9 Å². The number of amides is 2. The first-order valence-corrected chi connectivity index (χ1v) is 10.4. The SMILES string of the molecule is Nc1ncc(S(=O)(=O)Cc2csc(NC(=O)NCc3cccc(F)c3)n2)cn1. The molecule has 0 saturated heterocycles. The van der Waals surface area contributed by atoms with E-state index in [1.165, 1.54) is 17.5 Å². The van der Waals surface area contributed by atoms with Crippen LogP contribution in [0.5, 0.6) is 0 Å². The number of hydrogen-bond acceptors (Lipinski definition) is 8. The Kier molecular flexibility index (Phi) is 5.80. The number of benzene rings is 1. The summed E-state index contributed by atoms with van der Waals surface area (Å²) < 4.78 is 37.8. The van der Waals surface area contributed by atoms with E-state index in [4.69, 9.17) is 5.73 Å². The Morgan fingerprint density at radius 1 is 1.25 bits per heavy atom. The van der Waals surface area contributed by atoms with Gasteiger partial charge < -0.3 is 11.1 Å². The van der Waals surface area contributed by atoms with Gasteiger partial charge in [-0.05, 0) is 17.7 Å². The van der Waals surface area contributed by atoms with Crippen LogP contribution < -0.4 is 16.4 Å². The highest BCUT2D eigenvalue weighted by Gasteiger charge is 2.19. The standard InChI is InChI=1S/C16H15FN6O3S2/c17-11-3-1-2-10(4-11)5-21-15(24)23-16-22-12(8-27-16)9-28(25,26)13-6-19-14(18)20-7-13/h1-4,6-8H,5,9H2,(H2,18,19,20)(H2,21,22,23,24). The third-order valence-corrected chi connectivity index (χ3v) is 5.87. The predicted octanol–water partition coefficient (Wildman–Crippen LogP) is 1.95. The number of sulfone groups is 1. The molecule has 0 aliphatic heterocycles. The molecule has 2 heterocycles. The van der Waals surface area contributed by atoms with Crippen LogP contribution in [0.3, 0.4) is 0 Å². The quantitative estimate of drug-likeness (QED) is 0.551. The summed E-state index contributed by atoms with van der Waals surface area (Å²) in [4.78, 5) is 23.3. The third kappa shape index (κ3) is 5.20. The molecule has 0 bridgehead atoms. The molecule has 0 unspecified atom stereocenters. The van der Waals surface area contributed by atoms with Crippen LogP contribution in [0.2, 0.25) is 0 Å². The Hall–Kier alpha value is -3.12. The van der Waals surface area contributed by atoms with Gasteiger partial charge in [0.05, 0.1) is 23.8 Å². The number of rotatable bonds is 6. The van der Waals surface area contributed by atoms with Crippen LogP contribution >= 0.6 is 11.3 Å². The van der Waals surface area contributed by atoms with Crippen LogP contribution in [0.4, 0.5) is 20.3 Å². The van der Waals surface area contributed by atoms with Crippen LogP contribution in [0, 0.1) is 5.82 Å². The molecular weight excluding hydrogens is 407 g/mol. The molecule has 12 heteroatoms. The zero-order chi connectivity index (χ0) is 20.1. The van der Waals surface area contributed by atoms with Gasteiger partial charge in [-0.3, -0.25) is 5.32 Å². The Bertz CT molecular complexity index is 1090. The van der Waals surface area contributed by atoms with Crippen molar-refractivity contribution in [2.24, 2.45) is 0 Å². The normalized spacial score (nSPS) is 11.2. The number of urea groups is 1. The minimum absolute atomic E-state index is 0.0247. The van der Waals surface area contributed by atoms with Crippen molar-refractivity contribution in [2.75, 3.05) is 11.1 Å². The Labute approximate surface area is 163 Å². The maximum absolute atomic E-state index is 13.1. The van der Waals surface area contributed by atoms with E-state index in [0.29, 0.717) is 5.56 Å². The van der Waals surface area contributed by atoms with Crippen molar-refractivity contribution in [1.82, 2.24) is 20.3 Å². The number of nitrogens with two attached hydrogens (primary N) is 1. The van der Waals surface area contributed by atoms with Crippen molar-refractivity contribution in [3.05, 3.63) is 59.1 Å². The summed E-state index contributed by atoms with van der Waals surface area (Å²) in [7, 11) is -3.70. The summed E-state index contributed by atoms with van der Waals surface area (Å²) in [6, 6.07) is 5.30. The van der Waals surface area contributed by atoms with Gasteiger partial charge >= 0.3 is 6.03 Å². The van der Waals surface area contributed by atoms with Crippen molar-refractivity contribution < 1.29 is 17.6 Å². The molecule has 9 nitrogen and oxygen atoms in total. The smallest absolute Gasteiger partial charge is 0.321 e. The number of aromatic nitrogens is 3. The maximum atomic E-state index is 13.1. The van der Waals surface area contributed by atoms with E-state index in [2.05, 4.69) is 25.6 Å². The van der Waals surface area contributed by atoms with Gasteiger partial charge in [-0.15, -0.1) is 11.3 Å². The van der Waals surface area contributed by atoms with Crippen molar-refractivity contribution in [3.63, 3.8) is 0 Å². The van der Waals surface area contributed by atoms with E-state index in [9.17, 15) is 17.6 Å². The van der Waals surface area contributed by atoms with E-state index < -0.39 is 21.7 Å². The maximum Gasteiger partial charge on any atom is 0.321 e. The second-order valence-corrected chi connectivity index (χ2v) is 8.47. The molecule has 3 rings (SSSR count). The zero-order valence-electron chi connectivity index (χ0n) is 14.3. The van der Waals surface area contributed by atoms with Crippen LogP contribution in [0.1, 0.15) is 11.3 Å². The first-order chi connectivity index (χ1) is 13.3. The van der Waals surface area contributed by atoms with E-state index in [1.54, 1.807) is 12.1 Å². The number of anilines is 2. The van der Waals surface area contributed by atoms with Gasteiger partial charge in [0.2, 0.25) is 5.95 Å². The molecule has 0 saturated carbocycles. The third-order valence-electron chi connectivity index (χ3n) is 3.46. The highest BCUT2D eigenvalue weighted by molar-refractivity contribution is 7.90. The summed E-state index contributed by atoms with van der Waals surface area (Å²) in [6.45, 7) is 0.132. The lowest BCUT2D eigenvalue weighted by Gasteiger charge is -2.05. The largest absolute Gasteiger partial charge is 0.368 e. The second-order valence-electron chi connectivity index (χ2n) is 5.62. The Morgan fingerprint density at radius 3 is 2.71 bits per heavy atom. The molecule has 0 fully saturated rings. The van der Waals surface area contributed by atoms with Crippen molar-refractivity contribution in [1.29, 1.82) is 0 Å². The highest BCUT2D eigenvalue weighted by Crippen LogP contribution is 2.20. The number of hydrogen-bond donors (Lipinski definition) is 3.